The van der Waals surface area contributed by atoms with E-state index in [9.17, 15) is 18.4 Å². The minimum atomic E-state index is -0.724. The lowest BCUT2D eigenvalue weighted by molar-refractivity contribution is 0.295. The topological polar surface area (TPSA) is 77.0 Å². The molecule has 0 atom stereocenters. The maximum absolute atomic E-state index is 13.7. The number of ether oxygens (including phenoxy) is 1. The van der Waals surface area contributed by atoms with E-state index >= 15 is 0 Å². The van der Waals surface area contributed by atoms with Crippen LogP contribution in [0, 0.1) is 18.6 Å². The van der Waals surface area contributed by atoms with E-state index in [1.807, 2.05) is 0 Å². The smallest absolute Gasteiger partial charge is 0.345 e. The summed E-state index contributed by atoms with van der Waals surface area (Å²) in [6, 6.07) is 6.41. The molecule has 0 saturated carbocycles. The number of benzene rings is 1. The first-order valence-electron chi connectivity index (χ1n) is 7.86. The molecule has 1 N–H and O–H groups in total. The molecule has 0 aliphatic heterocycles. The molecule has 0 fully saturated rings. The third-order valence-electron chi connectivity index (χ3n) is 3.88. The number of aromatic amines is 1. The van der Waals surface area contributed by atoms with Gasteiger partial charge in [0, 0.05) is 35.3 Å². The van der Waals surface area contributed by atoms with Gasteiger partial charge in [0.1, 0.15) is 28.5 Å². The van der Waals surface area contributed by atoms with Crippen molar-refractivity contribution in [3.63, 3.8) is 0 Å². The Morgan fingerprint density at radius 1 is 1.22 bits per heavy atom. The van der Waals surface area contributed by atoms with Gasteiger partial charge in [0.25, 0.3) is 5.56 Å². The van der Waals surface area contributed by atoms with Gasteiger partial charge in [0.15, 0.2) is 0 Å². The molecule has 140 valence electrons. The van der Waals surface area contributed by atoms with Crippen LogP contribution in [-0.2, 0) is 13.2 Å². The summed E-state index contributed by atoms with van der Waals surface area (Å²) in [7, 11) is 0. The van der Waals surface area contributed by atoms with Gasteiger partial charge in [-0.1, -0.05) is 0 Å². The lowest BCUT2D eigenvalue weighted by Crippen LogP contribution is -2.25. The largest absolute Gasteiger partial charge is 0.487 e. The van der Waals surface area contributed by atoms with Crippen molar-refractivity contribution in [3.8, 4) is 5.75 Å². The molecule has 0 saturated heterocycles. The zero-order chi connectivity index (χ0) is 19.6. The number of hydrogen-bond acceptors (Lipinski definition) is 4. The highest BCUT2D eigenvalue weighted by atomic mass is 79.9. The molecule has 6 nitrogen and oxygen atoms in total. The second kappa shape index (κ2) is 7.83. The van der Waals surface area contributed by atoms with Crippen LogP contribution in [-0.4, -0.2) is 14.5 Å². The van der Waals surface area contributed by atoms with Gasteiger partial charge in [-0.3, -0.25) is 4.79 Å². The lowest BCUT2D eigenvalue weighted by Gasteiger charge is -2.14. The Bertz CT molecular complexity index is 1110. The van der Waals surface area contributed by atoms with Gasteiger partial charge in [-0.05, 0) is 41.1 Å². The molecule has 3 aromatic rings. The SMILES string of the molecule is Cc1cc(OCc2ccc(F)cc2F)c(Br)c(=O)n1Cc1ccnc(=O)[nH]1. The Morgan fingerprint density at radius 3 is 2.70 bits per heavy atom. The van der Waals surface area contributed by atoms with Gasteiger partial charge in [-0.2, -0.15) is 0 Å². The van der Waals surface area contributed by atoms with Gasteiger partial charge in [-0.25, -0.2) is 18.6 Å². The molecule has 2 aromatic heterocycles. The van der Waals surface area contributed by atoms with Crippen molar-refractivity contribution < 1.29 is 13.5 Å². The summed E-state index contributed by atoms with van der Waals surface area (Å²) < 4.78 is 33.8. The molecular weight excluding hydrogens is 424 g/mol. The summed E-state index contributed by atoms with van der Waals surface area (Å²) in [6.07, 6.45) is 1.36. The summed E-state index contributed by atoms with van der Waals surface area (Å²) in [5.74, 6) is -1.16. The summed E-state index contributed by atoms with van der Waals surface area (Å²) >= 11 is 3.20. The highest BCUT2D eigenvalue weighted by Gasteiger charge is 2.14. The quantitative estimate of drug-likeness (QED) is 0.665. The molecule has 0 radical (unpaired) electrons. The number of aryl methyl sites for hydroxylation is 1. The van der Waals surface area contributed by atoms with E-state index in [1.165, 1.54) is 16.8 Å². The van der Waals surface area contributed by atoms with E-state index in [4.69, 9.17) is 4.74 Å². The summed E-state index contributed by atoms with van der Waals surface area (Å²) in [5.41, 5.74) is 0.393. The highest BCUT2D eigenvalue weighted by molar-refractivity contribution is 9.10. The summed E-state index contributed by atoms with van der Waals surface area (Å²) in [5, 5.41) is 0. The molecule has 0 amide bonds. The minimum absolute atomic E-state index is 0.147. The van der Waals surface area contributed by atoms with E-state index in [0.29, 0.717) is 11.4 Å². The van der Waals surface area contributed by atoms with Gasteiger partial charge in [-0.15, -0.1) is 0 Å². The maximum Gasteiger partial charge on any atom is 0.345 e. The van der Waals surface area contributed by atoms with Crippen LogP contribution >= 0.6 is 15.9 Å². The van der Waals surface area contributed by atoms with Crippen molar-refractivity contribution >= 4 is 15.9 Å². The van der Waals surface area contributed by atoms with Gasteiger partial charge in [0.2, 0.25) is 0 Å². The molecule has 1 aromatic carbocycles. The first-order chi connectivity index (χ1) is 12.8. The normalized spacial score (nSPS) is 10.8. The second-order valence-corrected chi connectivity index (χ2v) is 6.57. The van der Waals surface area contributed by atoms with Crippen molar-refractivity contribution in [2.24, 2.45) is 0 Å². The fraction of sp³-hybridized carbons (Fsp3) is 0.167. The zero-order valence-corrected chi connectivity index (χ0v) is 15.7. The van der Waals surface area contributed by atoms with Gasteiger partial charge >= 0.3 is 5.69 Å². The third kappa shape index (κ3) is 4.30. The van der Waals surface area contributed by atoms with Crippen molar-refractivity contribution in [1.29, 1.82) is 0 Å². The standard InChI is InChI=1S/C18H14BrF2N3O3/c1-10-6-15(27-9-11-2-3-12(20)7-14(11)21)16(19)17(25)24(10)8-13-4-5-22-18(26)23-13/h2-7H,8-9H2,1H3,(H,22,23,26). The van der Waals surface area contributed by atoms with Crippen LogP contribution in [0.5, 0.6) is 5.75 Å². The van der Waals surface area contributed by atoms with Crippen molar-refractivity contribution in [3.05, 3.63) is 90.4 Å². The molecule has 0 aliphatic rings. The van der Waals surface area contributed by atoms with E-state index in [1.54, 1.807) is 19.1 Å². The van der Waals surface area contributed by atoms with Crippen LogP contribution < -0.4 is 16.0 Å². The molecule has 9 heteroatoms. The maximum atomic E-state index is 13.7. The molecule has 0 unspecified atom stereocenters. The number of H-pyrrole nitrogens is 1. The monoisotopic (exact) mass is 437 g/mol. The molecule has 3 rings (SSSR count). The van der Waals surface area contributed by atoms with Crippen molar-refractivity contribution in [1.82, 2.24) is 14.5 Å². The van der Waals surface area contributed by atoms with Crippen LogP contribution in [0.3, 0.4) is 0 Å². The van der Waals surface area contributed by atoms with E-state index < -0.39 is 17.3 Å². The Labute approximate surface area is 160 Å². The third-order valence-corrected chi connectivity index (χ3v) is 4.61. The highest BCUT2D eigenvalue weighted by Crippen LogP contribution is 2.24. The molecule has 0 bridgehead atoms. The number of aromatic nitrogens is 3. The Morgan fingerprint density at radius 2 is 2.00 bits per heavy atom. The van der Waals surface area contributed by atoms with E-state index in [2.05, 4.69) is 25.9 Å². The molecule has 27 heavy (non-hydrogen) atoms. The minimum Gasteiger partial charge on any atom is -0.487 e. The number of hydrogen-bond donors (Lipinski definition) is 1. The fourth-order valence-corrected chi connectivity index (χ4v) is 2.92. The number of nitrogens with one attached hydrogen (secondary N) is 1. The van der Waals surface area contributed by atoms with Crippen LogP contribution in [0.2, 0.25) is 0 Å². The van der Waals surface area contributed by atoms with E-state index in [0.717, 1.165) is 12.1 Å². The Balaban J connectivity index is 1.86. The molecule has 0 spiro atoms. The number of halogens is 3. The van der Waals surface area contributed by atoms with Crippen LogP contribution in [0.1, 0.15) is 17.0 Å². The number of nitrogens with zero attached hydrogens (tertiary/aromatic N) is 2. The first kappa shape index (κ1) is 19.0. The average molecular weight is 438 g/mol. The predicted octanol–water partition coefficient (Wildman–Crippen LogP) is 2.91. The molecule has 2 heterocycles. The lowest BCUT2D eigenvalue weighted by atomic mass is 10.2. The Hall–Kier alpha value is -2.81. The number of rotatable bonds is 5. The first-order valence-corrected chi connectivity index (χ1v) is 8.65. The van der Waals surface area contributed by atoms with Crippen LogP contribution in [0.25, 0.3) is 0 Å². The van der Waals surface area contributed by atoms with E-state index in [-0.39, 0.29) is 34.5 Å². The summed E-state index contributed by atoms with van der Waals surface area (Å²) in [4.78, 5) is 30.0. The van der Waals surface area contributed by atoms with Gasteiger partial charge < -0.3 is 14.3 Å². The predicted molar refractivity (Wildman–Crippen MR) is 97.8 cm³/mol. The Kier molecular flexibility index (Phi) is 5.50. The van der Waals surface area contributed by atoms with Gasteiger partial charge in [0.05, 0.1) is 6.54 Å². The molecule has 0 aliphatic carbocycles. The fourth-order valence-electron chi connectivity index (χ4n) is 2.48. The average Bonchev–Trinajstić information content (AvgIpc) is 2.62. The van der Waals surface area contributed by atoms with Crippen molar-refractivity contribution in [2.75, 3.05) is 0 Å². The van der Waals surface area contributed by atoms with Crippen LogP contribution in [0.15, 0.2) is 50.6 Å². The molecular formula is C18H14BrF2N3O3. The zero-order valence-electron chi connectivity index (χ0n) is 14.1. The summed E-state index contributed by atoms with van der Waals surface area (Å²) in [6.45, 7) is 1.69. The van der Waals surface area contributed by atoms with Crippen LogP contribution in [0.4, 0.5) is 8.78 Å². The number of pyridine rings is 1. The van der Waals surface area contributed by atoms with Crippen molar-refractivity contribution in [2.45, 2.75) is 20.1 Å². The second-order valence-electron chi connectivity index (χ2n) is 5.78.